The van der Waals surface area contributed by atoms with Crippen LogP contribution >= 0.6 is 0 Å². The summed E-state index contributed by atoms with van der Waals surface area (Å²) < 4.78 is 10.2. The van der Waals surface area contributed by atoms with E-state index in [-0.39, 0.29) is 30.0 Å². The van der Waals surface area contributed by atoms with Gasteiger partial charge in [-0.3, -0.25) is 19.2 Å². The van der Waals surface area contributed by atoms with Crippen LogP contribution in [0.4, 0.5) is 5.69 Å². The number of esters is 1. The van der Waals surface area contributed by atoms with Crippen LogP contribution in [-0.2, 0) is 19.1 Å². The van der Waals surface area contributed by atoms with Gasteiger partial charge in [0.2, 0.25) is 5.91 Å². The third-order valence-corrected chi connectivity index (χ3v) is 5.58. The molecule has 0 atom stereocenters. The van der Waals surface area contributed by atoms with E-state index in [0.29, 0.717) is 25.9 Å². The molecule has 9 heteroatoms. The summed E-state index contributed by atoms with van der Waals surface area (Å²) in [6.07, 6.45) is 2.34. The molecule has 3 rings (SSSR count). The summed E-state index contributed by atoms with van der Waals surface area (Å²) in [7, 11) is 0. The lowest BCUT2D eigenvalue weighted by atomic mass is 9.97. The van der Waals surface area contributed by atoms with Crippen molar-refractivity contribution in [3.05, 3.63) is 53.0 Å². The predicted octanol–water partition coefficient (Wildman–Crippen LogP) is 2.36. The van der Waals surface area contributed by atoms with E-state index in [9.17, 15) is 19.2 Å². The molecule has 1 aliphatic rings. The number of likely N-dealkylation sites (tertiary alicyclic amines) is 1. The van der Waals surface area contributed by atoms with Crippen LogP contribution in [0.25, 0.3) is 0 Å². The quantitative estimate of drug-likeness (QED) is 0.619. The van der Waals surface area contributed by atoms with Crippen LogP contribution in [0.15, 0.2) is 34.9 Å². The SMILES string of the molecule is Cc1cc(C)c(NC(=O)CNC(=O)COC(=O)C2CCN(C(=O)c3ccco3)CC2)c(C)c1. The minimum absolute atomic E-state index is 0.208. The number of piperidine rings is 1. The largest absolute Gasteiger partial charge is 0.459 e. The van der Waals surface area contributed by atoms with Gasteiger partial charge >= 0.3 is 5.97 Å². The number of nitrogens with one attached hydrogen (secondary N) is 2. The van der Waals surface area contributed by atoms with E-state index < -0.39 is 18.5 Å². The third kappa shape index (κ3) is 6.44. The number of hydrogen-bond acceptors (Lipinski definition) is 6. The van der Waals surface area contributed by atoms with Gasteiger partial charge in [-0.1, -0.05) is 17.7 Å². The second-order valence-corrected chi connectivity index (χ2v) is 8.25. The number of anilines is 1. The first-order chi connectivity index (χ1) is 15.7. The van der Waals surface area contributed by atoms with Crippen LogP contribution in [0.5, 0.6) is 0 Å². The Bertz CT molecular complexity index is 1000. The smallest absolute Gasteiger partial charge is 0.309 e. The highest BCUT2D eigenvalue weighted by molar-refractivity contribution is 5.96. The number of amides is 3. The minimum atomic E-state index is -0.554. The Morgan fingerprint density at radius 3 is 2.33 bits per heavy atom. The molecule has 9 nitrogen and oxygen atoms in total. The highest BCUT2D eigenvalue weighted by Gasteiger charge is 2.30. The van der Waals surface area contributed by atoms with Crippen molar-refractivity contribution in [3.8, 4) is 0 Å². The van der Waals surface area contributed by atoms with E-state index in [4.69, 9.17) is 9.15 Å². The van der Waals surface area contributed by atoms with E-state index in [2.05, 4.69) is 10.6 Å². The summed E-state index contributed by atoms with van der Waals surface area (Å²) in [6, 6.07) is 7.19. The summed E-state index contributed by atoms with van der Waals surface area (Å²) in [6.45, 7) is 5.93. The van der Waals surface area contributed by atoms with Gasteiger partial charge in [0, 0.05) is 18.8 Å². The topological polar surface area (TPSA) is 118 Å². The fourth-order valence-corrected chi connectivity index (χ4v) is 3.92. The number of aryl methyl sites for hydroxylation is 3. The molecule has 1 aliphatic heterocycles. The Morgan fingerprint density at radius 2 is 1.73 bits per heavy atom. The molecule has 0 bridgehead atoms. The first-order valence-electron chi connectivity index (χ1n) is 10.9. The first-order valence-corrected chi connectivity index (χ1v) is 10.9. The Balaban J connectivity index is 1.36. The highest BCUT2D eigenvalue weighted by atomic mass is 16.5. The lowest BCUT2D eigenvalue weighted by Crippen LogP contribution is -2.41. The standard InChI is InChI=1S/C24H29N3O6/c1-15-11-16(2)22(17(3)12-15)26-20(28)13-25-21(29)14-33-24(31)18-6-8-27(9-7-18)23(30)19-5-4-10-32-19/h4-5,10-12,18H,6-9,13-14H2,1-3H3,(H,25,29)(H,26,28). The maximum atomic E-state index is 12.3. The van der Waals surface area contributed by atoms with E-state index >= 15 is 0 Å². The van der Waals surface area contributed by atoms with E-state index in [1.165, 1.54) is 6.26 Å². The molecule has 2 N–H and O–H groups in total. The lowest BCUT2D eigenvalue weighted by Gasteiger charge is -2.30. The van der Waals surface area contributed by atoms with Crippen molar-refractivity contribution in [2.75, 3.05) is 31.6 Å². The highest BCUT2D eigenvalue weighted by Crippen LogP contribution is 2.22. The van der Waals surface area contributed by atoms with Gasteiger partial charge in [0.05, 0.1) is 18.7 Å². The van der Waals surface area contributed by atoms with Gasteiger partial charge < -0.3 is 24.7 Å². The van der Waals surface area contributed by atoms with Gasteiger partial charge in [0.15, 0.2) is 12.4 Å². The Hall–Kier alpha value is -3.62. The fourth-order valence-electron chi connectivity index (χ4n) is 3.92. The minimum Gasteiger partial charge on any atom is -0.459 e. The summed E-state index contributed by atoms with van der Waals surface area (Å²) >= 11 is 0. The molecule has 1 saturated heterocycles. The number of nitrogens with zero attached hydrogens (tertiary/aromatic N) is 1. The molecule has 33 heavy (non-hydrogen) atoms. The lowest BCUT2D eigenvalue weighted by molar-refractivity contribution is -0.153. The molecule has 0 saturated carbocycles. The van der Waals surface area contributed by atoms with Crippen LogP contribution in [0, 0.1) is 26.7 Å². The molecule has 0 spiro atoms. The number of carbonyl (C=O) groups excluding carboxylic acids is 4. The average Bonchev–Trinajstić information content (AvgIpc) is 3.33. The number of carbonyl (C=O) groups is 4. The van der Waals surface area contributed by atoms with Gasteiger partial charge in [0.1, 0.15) is 0 Å². The second-order valence-electron chi connectivity index (χ2n) is 8.25. The van der Waals surface area contributed by atoms with E-state index in [1.807, 2.05) is 32.9 Å². The number of benzene rings is 1. The van der Waals surface area contributed by atoms with Crippen LogP contribution < -0.4 is 10.6 Å². The molecule has 1 fully saturated rings. The van der Waals surface area contributed by atoms with E-state index in [0.717, 1.165) is 22.4 Å². The molecule has 2 aromatic rings. The molecule has 1 aromatic heterocycles. The molecule has 0 unspecified atom stereocenters. The number of hydrogen-bond donors (Lipinski definition) is 2. The zero-order valence-electron chi connectivity index (χ0n) is 19.1. The second kappa shape index (κ2) is 10.8. The summed E-state index contributed by atoms with van der Waals surface area (Å²) in [5.41, 5.74) is 3.71. The summed E-state index contributed by atoms with van der Waals surface area (Å²) in [5.74, 6) is -1.72. The maximum Gasteiger partial charge on any atom is 0.309 e. The van der Waals surface area contributed by atoms with Crippen LogP contribution in [0.2, 0.25) is 0 Å². The van der Waals surface area contributed by atoms with Crippen LogP contribution in [-0.4, -0.2) is 54.8 Å². The van der Waals surface area contributed by atoms with Gasteiger partial charge in [-0.05, 0) is 56.9 Å². The number of furan rings is 1. The zero-order chi connectivity index (χ0) is 24.0. The molecule has 0 radical (unpaired) electrons. The molecule has 0 aliphatic carbocycles. The molecule has 1 aromatic carbocycles. The molecule has 3 amide bonds. The number of ether oxygens (including phenoxy) is 1. The van der Waals surface area contributed by atoms with Crippen molar-refractivity contribution in [2.45, 2.75) is 33.6 Å². The normalized spacial score (nSPS) is 14.0. The molecule has 2 heterocycles. The average molecular weight is 456 g/mol. The van der Waals surface area contributed by atoms with Crippen molar-refractivity contribution in [2.24, 2.45) is 5.92 Å². The summed E-state index contributed by atoms with van der Waals surface area (Å²) in [5, 5.41) is 5.26. The van der Waals surface area contributed by atoms with Crippen LogP contribution in [0.3, 0.4) is 0 Å². The monoisotopic (exact) mass is 455 g/mol. The third-order valence-electron chi connectivity index (χ3n) is 5.58. The van der Waals surface area contributed by atoms with Crippen molar-refractivity contribution in [1.82, 2.24) is 10.2 Å². The Morgan fingerprint density at radius 1 is 1.06 bits per heavy atom. The Labute approximate surface area is 192 Å². The predicted molar refractivity (Wildman–Crippen MR) is 121 cm³/mol. The first kappa shape index (κ1) is 24.0. The fraction of sp³-hybridized carbons (Fsp3) is 0.417. The molecular weight excluding hydrogens is 426 g/mol. The van der Waals surface area contributed by atoms with Crippen molar-refractivity contribution in [1.29, 1.82) is 0 Å². The van der Waals surface area contributed by atoms with Gasteiger partial charge in [-0.15, -0.1) is 0 Å². The van der Waals surface area contributed by atoms with Gasteiger partial charge in [-0.2, -0.15) is 0 Å². The van der Waals surface area contributed by atoms with Crippen molar-refractivity contribution in [3.63, 3.8) is 0 Å². The van der Waals surface area contributed by atoms with Gasteiger partial charge in [-0.25, -0.2) is 0 Å². The maximum absolute atomic E-state index is 12.3. The zero-order valence-corrected chi connectivity index (χ0v) is 19.1. The summed E-state index contributed by atoms with van der Waals surface area (Å²) in [4.78, 5) is 50.4. The van der Waals surface area contributed by atoms with Crippen molar-refractivity contribution >= 4 is 29.4 Å². The number of rotatable bonds is 7. The van der Waals surface area contributed by atoms with Gasteiger partial charge in [0.25, 0.3) is 11.8 Å². The van der Waals surface area contributed by atoms with Crippen molar-refractivity contribution < 1.29 is 28.3 Å². The molecule has 176 valence electrons. The van der Waals surface area contributed by atoms with E-state index in [1.54, 1.807) is 17.0 Å². The Kier molecular flexibility index (Phi) is 7.87. The molecular formula is C24H29N3O6. The van der Waals surface area contributed by atoms with Crippen LogP contribution in [0.1, 0.15) is 40.1 Å².